The third kappa shape index (κ3) is 17.5. The molecule has 0 atom stereocenters. The first-order valence-corrected chi connectivity index (χ1v) is 15.4. The molecule has 178 valence electrons. The quantitative estimate of drug-likeness (QED) is 0.108. The van der Waals surface area contributed by atoms with Crippen molar-refractivity contribution in [3.8, 4) is 0 Å². The van der Waals surface area contributed by atoms with Gasteiger partial charge in [0.2, 0.25) is 0 Å². The van der Waals surface area contributed by atoms with E-state index >= 15 is 0 Å². The maximum Gasteiger partial charge on any atom is 0.522 e. The molecule has 0 aliphatic rings. The van der Waals surface area contributed by atoms with Crippen LogP contribution < -0.4 is 0 Å². The Morgan fingerprint density at radius 2 is 0.897 bits per heavy atom. The molecule has 8 heteroatoms. The van der Waals surface area contributed by atoms with Gasteiger partial charge in [-0.1, -0.05) is 72.6 Å². The normalized spacial score (nSPS) is 12.6. The molecule has 0 saturated heterocycles. The zero-order valence-electron chi connectivity index (χ0n) is 19.1. The van der Waals surface area contributed by atoms with Crippen molar-refractivity contribution in [1.82, 2.24) is 0 Å². The van der Waals surface area contributed by atoms with Crippen LogP contribution >= 0.6 is 7.26 Å². The molecule has 0 heterocycles. The number of unbranched alkanes of at least 4 members (excludes halogenated alkanes) is 8. The van der Waals surface area contributed by atoms with Gasteiger partial charge in [-0.15, -0.1) is 0 Å². The highest BCUT2D eigenvalue weighted by atomic mass is 32.2. The highest BCUT2D eigenvalue weighted by Crippen LogP contribution is 2.61. The molecular weight excluding hydrogens is 420 g/mol. The first-order chi connectivity index (χ1) is 13.5. The Kier molecular flexibility index (Phi) is 19.2. The lowest BCUT2D eigenvalue weighted by molar-refractivity contribution is -0.0510. The molecule has 1 N–H and O–H groups in total. The van der Waals surface area contributed by atoms with E-state index in [0.29, 0.717) is 0 Å². The van der Waals surface area contributed by atoms with Crippen LogP contribution in [0.25, 0.3) is 0 Å². The summed E-state index contributed by atoms with van der Waals surface area (Å²) in [6.45, 7) is 9.44. The van der Waals surface area contributed by atoms with Gasteiger partial charge in [0.25, 0.3) is 0 Å². The van der Waals surface area contributed by atoms with Crippen LogP contribution in [0.3, 0.4) is 0 Å². The summed E-state index contributed by atoms with van der Waals surface area (Å²) in [6.07, 6.45) is 24.0. The minimum atomic E-state index is -5.84. The van der Waals surface area contributed by atoms with Crippen LogP contribution in [0.5, 0.6) is 0 Å². The van der Waals surface area contributed by atoms with Crippen molar-refractivity contribution in [1.29, 1.82) is 0 Å². The van der Waals surface area contributed by atoms with Gasteiger partial charge >= 0.3 is 15.6 Å². The summed E-state index contributed by atoms with van der Waals surface area (Å²) >= 11 is 0. The van der Waals surface area contributed by atoms with Crippen molar-refractivity contribution in [2.45, 2.75) is 110 Å². The zero-order valence-corrected chi connectivity index (χ0v) is 20.8. The monoisotopic (exact) mass is 465 g/mol. The van der Waals surface area contributed by atoms with Crippen molar-refractivity contribution < 1.29 is 26.1 Å². The fraction of sp³-hybridized carbons (Fsp3) is 1.00. The maximum absolute atomic E-state index is 10.7. The van der Waals surface area contributed by atoms with Gasteiger partial charge in [-0.2, -0.15) is 21.6 Å². The molecule has 0 saturated carbocycles. The lowest BCUT2D eigenvalue weighted by atomic mass is 10.1. The number of halogens is 3. The third-order valence-electron chi connectivity index (χ3n) is 5.24. The van der Waals surface area contributed by atoms with Gasteiger partial charge in [-0.3, -0.25) is 4.55 Å². The van der Waals surface area contributed by atoms with Crippen LogP contribution in [-0.2, 0) is 10.1 Å². The largest absolute Gasteiger partial charge is 0.522 e. The smallest absolute Gasteiger partial charge is 0.279 e. The van der Waals surface area contributed by atoms with E-state index in [1.807, 2.05) is 0 Å². The summed E-state index contributed by atoms with van der Waals surface area (Å²) in [5.74, 6) is 0. The van der Waals surface area contributed by atoms with Crippen LogP contribution in [0, 0.1) is 0 Å². The molecule has 0 aliphatic heterocycles. The molecule has 0 radical (unpaired) electrons. The van der Waals surface area contributed by atoms with Crippen LogP contribution in [0.4, 0.5) is 13.2 Å². The molecule has 3 nitrogen and oxygen atoms in total. The number of alkyl halides is 3. The van der Waals surface area contributed by atoms with Crippen molar-refractivity contribution in [3.63, 3.8) is 0 Å². The van der Waals surface area contributed by atoms with Gasteiger partial charge in [0.1, 0.15) is 0 Å². The van der Waals surface area contributed by atoms with Gasteiger partial charge in [-0.25, -0.2) is 0 Å². The molecule has 0 aromatic rings. The molecular formula is C21H45F3O3PS+. The Hall–Kier alpha value is 0.130. The minimum Gasteiger partial charge on any atom is -0.279 e. The molecule has 0 unspecified atom stereocenters. The molecule has 0 amide bonds. The number of rotatable bonds is 16. The Balaban J connectivity index is 0. The number of hydrogen-bond donors (Lipinski definition) is 1. The zero-order chi connectivity index (χ0) is 22.8. The molecule has 0 bridgehead atoms. The van der Waals surface area contributed by atoms with Crippen LogP contribution in [0.2, 0.25) is 0 Å². The summed E-state index contributed by atoms with van der Waals surface area (Å²) in [4.78, 5) is 0. The summed E-state index contributed by atoms with van der Waals surface area (Å²) in [7, 11) is -6.44. The second-order valence-corrected chi connectivity index (χ2v) is 13.9. The van der Waals surface area contributed by atoms with Crippen molar-refractivity contribution in [2.24, 2.45) is 0 Å². The standard InChI is InChI=1S/C20H44P.CHF3O3S/c1-5-9-13-14-15-16-20-21(17-10-6-2,18-11-7-3)19-12-8-4;2-1(3,4)8(5,6)7/h5-20H2,1-4H3;(H,5,6,7)/q+1;. The lowest BCUT2D eigenvalue weighted by Gasteiger charge is -2.28. The average molecular weight is 466 g/mol. The topological polar surface area (TPSA) is 54.4 Å². The summed E-state index contributed by atoms with van der Waals surface area (Å²) < 4.78 is 57.5. The first kappa shape index (κ1) is 31.3. The highest BCUT2D eigenvalue weighted by Gasteiger charge is 2.44. The van der Waals surface area contributed by atoms with E-state index in [9.17, 15) is 13.2 Å². The van der Waals surface area contributed by atoms with Gasteiger partial charge in [0, 0.05) is 7.26 Å². The van der Waals surface area contributed by atoms with Crippen LogP contribution in [0.15, 0.2) is 0 Å². The van der Waals surface area contributed by atoms with E-state index in [1.165, 1.54) is 77.0 Å². The van der Waals surface area contributed by atoms with Gasteiger partial charge in [-0.05, 0) is 32.1 Å². The second kappa shape index (κ2) is 17.8. The maximum atomic E-state index is 10.7. The van der Waals surface area contributed by atoms with E-state index in [4.69, 9.17) is 13.0 Å². The second-order valence-electron chi connectivity index (χ2n) is 7.99. The van der Waals surface area contributed by atoms with E-state index in [-0.39, 0.29) is 0 Å². The molecule has 29 heavy (non-hydrogen) atoms. The van der Waals surface area contributed by atoms with Crippen molar-refractivity contribution in [2.75, 3.05) is 24.6 Å². The molecule has 0 aromatic carbocycles. The average Bonchev–Trinajstić information content (AvgIpc) is 2.64. The Labute approximate surface area is 178 Å². The predicted octanol–water partition coefficient (Wildman–Crippen LogP) is 8.16. The van der Waals surface area contributed by atoms with Crippen molar-refractivity contribution >= 4 is 17.4 Å². The Bertz CT molecular complexity index is 447. The predicted molar refractivity (Wildman–Crippen MR) is 122 cm³/mol. The van der Waals surface area contributed by atoms with E-state index in [1.54, 1.807) is 24.6 Å². The van der Waals surface area contributed by atoms with E-state index < -0.39 is 22.9 Å². The van der Waals surface area contributed by atoms with Crippen LogP contribution in [0.1, 0.15) is 105 Å². The fourth-order valence-electron chi connectivity index (χ4n) is 3.38. The van der Waals surface area contributed by atoms with Crippen molar-refractivity contribution in [3.05, 3.63) is 0 Å². The molecule has 0 fully saturated rings. The molecule has 0 aliphatic carbocycles. The first-order valence-electron chi connectivity index (χ1n) is 11.4. The summed E-state index contributed by atoms with van der Waals surface area (Å²) in [5.41, 5.74) is -5.53. The summed E-state index contributed by atoms with van der Waals surface area (Å²) in [5, 5.41) is 0. The Morgan fingerprint density at radius 3 is 1.21 bits per heavy atom. The van der Waals surface area contributed by atoms with Crippen LogP contribution in [-0.4, -0.2) is 43.1 Å². The van der Waals surface area contributed by atoms with E-state index in [2.05, 4.69) is 27.7 Å². The number of hydrogen-bond acceptors (Lipinski definition) is 2. The molecule has 0 spiro atoms. The van der Waals surface area contributed by atoms with E-state index in [0.717, 1.165) is 0 Å². The van der Waals surface area contributed by atoms with Gasteiger partial charge in [0.15, 0.2) is 0 Å². The summed E-state index contributed by atoms with van der Waals surface area (Å²) in [6, 6.07) is 0. The fourth-order valence-corrected chi connectivity index (χ4v) is 8.58. The molecule has 0 aromatic heterocycles. The minimum absolute atomic E-state index is 0.601. The lowest BCUT2D eigenvalue weighted by Crippen LogP contribution is -2.21. The van der Waals surface area contributed by atoms with Gasteiger partial charge < -0.3 is 0 Å². The third-order valence-corrected chi connectivity index (χ3v) is 10.9. The Morgan fingerprint density at radius 1 is 0.621 bits per heavy atom. The SMILES string of the molecule is CCCCCCCC[P+](CCCC)(CCCC)CCCC.O=S(=O)(O)C(F)(F)F. The highest BCUT2D eigenvalue weighted by molar-refractivity contribution is 7.86. The molecule has 0 rings (SSSR count). The van der Waals surface area contributed by atoms with Gasteiger partial charge in [0.05, 0.1) is 24.6 Å².